The number of nitrogens with zero attached hydrogens (tertiary/aromatic N) is 1. The molecule has 0 radical (unpaired) electrons. The first-order valence-electron chi connectivity index (χ1n) is 6.94. The molecule has 4 nitrogen and oxygen atoms in total. The maximum absolute atomic E-state index is 5.68. The molecule has 2 rings (SSSR count). The van der Waals surface area contributed by atoms with Gasteiger partial charge in [-0.1, -0.05) is 6.92 Å². The highest BCUT2D eigenvalue weighted by atomic mass is 16.5. The third-order valence-electron chi connectivity index (χ3n) is 3.45. The summed E-state index contributed by atoms with van der Waals surface area (Å²) in [6, 6.07) is 2.00. The fourth-order valence-corrected chi connectivity index (χ4v) is 2.32. The molecule has 2 heterocycles. The Morgan fingerprint density at radius 3 is 3.11 bits per heavy atom. The van der Waals surface area contributed by atoms with Gasteiger partial charge in [-0.3, -0.25) is 4.90 Å². The van der Waals surface area contributed by atoms with Crippen molar-refractivity contribution in [3.8, 4) is 0 Å². The van der Waals surface area contributed by atoms with Crippen LogP contribution in [0.4, 0.5) is 0 Å². The van der Waals surface area contributed by atoms with Gasteiger partial charge >= 0.3 is 0 Å². The molecule has 102 valence electrons. The maximum Gasteiger partial charge on any atom is 0.0947 e. The van der Waals surface area contributed by atoms with Crippen molar-refractivity contribution in [3.05, 3.63) is 24.2 Å². The van der Waals surface area contributed by atoms with E-state index >= 15 is 0 Å². The van der Waals surface area contributed by atoms with E-state index in [0.29, 0.717) is 6.10 Å². The average molecular weight is 252 g/mol. The number of likely N-dealkylation sites (N-methyl/N-ethyl adjacent to an activating group) is 1. The van der Waals surface area contributed by atoms with Gasteiger partial charge in [-0.2, -0.15) is 0 Å². The van der Waals surface area contributed by atoms with E-state index in [-0.39, 0.29) is 0 Å². The molecule has 0 aromatic carbocycles. The lowest BCUT2D eigenvalue weighted by atomic mass is 10.2. The maximum atomic E-state index is 5.68. The summed E-state index contributed by atoms with van der Waals surface area (Å²) < 4.78 is 10.7. The van der Waals surface area contributed by atoms with Crippen molar-refractivity contribution >= 4 is 0 Å². The lowest BCUT2D eigenvalue weighted by molar-refractivity contribution is 0.0751. The van der Waals surface area contributed by atoms with Crippen LogP contribution in [0.5, 0.6) is 0 Å². The fourth-order valence-electron chi connectivity index (χ4n) is 2.32. The van der Waals surface area contributed by atoms with Gasteiger partial charge in [0.1, 0.15) is 0 Å². The van der Waals surface area contributed by atoms with Crippen molar-refractivity contribution in [1.29, 1.82) is 0 Å². The minimum absolute atomic E-state index is 0.457. The molecule has 1 aliphatic rings. The number of hydrogen-bond donors (Lipinski definition) is 1. The summed E-state index contributed by atoms with van der Waals surface area (Å²) in [6.45, 7) is 8.29. The van der Waals surface area contributed by atoms with E-state index in [4.69, 9.17) is 9.15 Å². The number of nitrogens with one attached hydrogen (secondary N) is 1. The fraction of sp³-hybridized carbons (Fsp3) is 0.714. The standard InChI is InChI=1S/C14H24N2O2/c1-2-16(11-14-4-3-8-18-14)7-6-15-10-13-5-9-17-12-13/h5,9,12,14-15H,2-4,6-8,10-11H2,1H3. The van der Waals surface area contributed by atoms with Crippen molar-refractivity contribution in [3.63, 3.8) is 0 Å². The van der Waals surface area contributed by atoms with Crippen LogP contribution in [0.2, 0.25) is 0 Å². The van der Waals surface area contributed by atoms with Gasteiger partial charge in [-0.15, -0.1) is 0 Å². The first-order chi connectivity index (χ1) is 8.88. The summed E-state index contributed by atoms with van der Waals surface area (Å²) in [6.07, 6.45) is 6.41. The van der Waals surface area contributed by atoms with Crippen molar-refractivity contribution < 1.29 is 9.15 Å². The van der Waals surface area contributed by atoms with Gasteiger partial charge in [0.2, 0.25) is 0 Å². The Labute approximate surface area is 109 Å². The molecule has 1 aliphatic heterocycles. The molecule has 4 heteroatoms. The van der Waals surface area contributed by atoms with Crippen LogP contribution in [0.1, 0.15) is 25.3 Å². The average Bonchev–Trinajstić information content (AvgIpc) is 3.06. The van der Waals surface area contributed by atoms with Crippen molar-refractivity contribution in [1.82, 2.24) is 10.2 Å². The van der Waals surface area contributed by atoms with Gasteiger partial charge in [0.15, 0.2) is 0 Å². The molecule has 1 saturated heterocycles. The number of furan rings is 1. The van der Waals surface area contributed by atoms with Crippen LogP contribution in [0.25, 0.3) is 0 Å². The van der Waals surface area contributed by atoms with Crippen molar-refractivity contribution in [2.45, 2.75) is 32.4 Å². The minimum atomic E-state index is 0.457. The molecule has 0 saturated carbocycles. The zero-order valence-corrected chi connectivity index (χ0v) is 11.2. The summed E-state index contributed by atoms with van der Waals surface area (Å²) in [4.78, 5) is 2.46. The van der Waals surface area contributed by atoms with Crippen LogP contribution < -0.4 is 5.32 Å². The summed E-state index contributed by atoms with van der Waals surface area (Å²) in [5.74, 6) is 0. The molecule has 1 N–H and O–H groups in total. The van der Waals surface area contributed by atoms with E-state index in [2.05, 4.69) is 17.1 Å². The molecular formula is C14H24N2O2. The van der Waals surface area contributed by atoms with Gasteiger partial charge in [0.25, 0.3) is 0 Å². The predicted molar refractivity (Wildman–Crippen MR) is 71.5 cm³/mol. The zero-order valence-electron chi connectivity index (χ0n) is 11.2. The Balaban J connectivity index is 1.58. The van der Waals surface area contributed by atoms with E-state index in [1.807, 2.05) is 6.07 Å². The lowest BCUT2D eigenvalue weighted by Crippen LogP contribution is -2.37. The molecule has 1 aromatic rings. The molecule has 0 spiro atoms. The third kappa shape index (κ3) is 4.44. The van der Waals surface area contributed by atoms with E-state index in [1.54, 1.807) is 12.5 Å². The van der Waals surface area contributed by atoms with Gasteiger partial charge in [0, 0.05) is 38.3 Å². The SMILES string of the molecule is CCN(CCNCc1ccoc1)CC1CCCO1. The summed E-state index contributed by atoms with van der Waals surface area (Å²) >= 11 is 0. The van der Waals surface area contributed by atoms with Crippen molar-refractivity contribution in [2.75, 3.05) is 32.8 Å². The second kappa shape index (κ2) is 7.56. The van der Waals surface area contributed by atoms with Gasteiger partial charge in [-0.25, -0.2) is 0 Å². The first-order valence-corrected chi connectivity index (χ1v) is 6.94. The lowest BCUT2D eigenvalue weighted by Gasteiger charge is -2.23. The third-order valence-corrected chi connectivity index (χ3v) is 3.45. The van der Waals surface area contributed by atoms with Crippen LogP contribution in [0.15, 0.2) is 23.0 Å². The molecule has 0 amide bonds. The minimum Gasteiger partial charge on any atom is -0.472 e. The molecule has 1 unspecified atom stereocenters. The van der Waals surface area contributed by atoms with E-state index in [1.165, 1.54) is 18.4 Å². The number of ether oxygens (including phenoxy) is 1. The molecule has 18 heavy (non-hydrogen) atoms. The highest BCUT2D eigenvalue weighted by Gasteiger charge is 2.17. The summed E-state index contributed by atoms with van der Waals surface area (Å²) in [5.41, 5.74) is 1.21. The first kappa shape index (κ1) is 13.6. The Morgan fingerprint density at radius 1 is 1.50 bits per heavy atom. The Bertz CT molecular complexity index is 308. The number of hydrogen-bond acceptors (Lipinski definition) is 4. The molecule has 1 aromatic heterocycles. The Kier molecular flexibility index (Phi) is 5.71. The molecular weight excluding hydrogens is 228 g/mol. The van der Waals surface area contributed by atoms with Crippen LogP contribution in [0, 0.1) is 0 Å². The van der Waals surface area contributed by atoms with E-state index < -0.39 is 0 Å². The molecule has 0 bridgehead atoms. The second-order valence-corrected chi connectivity index (χ2v) is 4.84. The summed E-state index contributed by atoms with van der Waals surface area (Å²) in [7, 11) is 0. The highest BCUT2D eigenvalue weighted by Crippen LogP contribution is 2.12. The predicted octanol–water partition coefficient (Wildman–Crippen LogP) is 1.87. The Morgan fingerprint density at radius 2 is 2.44 bits per heavy atom. The normalized spacial score (nSPS) is 19.8. The van der Waals surface area contributed by atoms with Gasteiger partial charge in [0.05, 0.1) is 18.6 Å². The highest BCUT2D eigenvalue weighted by molar-refractivity contribution is 5.04. The van der Waals surface area contributed by atoms with Crippen LogP contribution in [-0.2, 0) is 11.3 Å². The van der Waals surface area contributed by atoms with Gasteiger partial charge < -0.3 is 14.5 Å². The molecule has 0 aliphatic carbocycles. The largest absolute Gasteiger partial charge is 0.472 e. The van der Waals surface area contributed by atoms with E-state index in [9.17, 15) is 0 Å². The topological polar surface area (TPSA) is 37.6 Å². The van der Waals surface area contributed by atoms with Crippen LogP contribution >= 0.6 is 0 Å². The van der Waals surface area contributed by atoms with Crippen LogP contribution in [-0.4, -0.2) is 43.8 Å². The van der Waals surface area contributed by atoms with Gasteiger partial charge in [-0.05, 0) is 25.5 Å². The van der Waals surface area contributed by atoms with Crippen molar-refractivity contribution in [2.24, 2.45) is 0 Å². The number of rotatable bonds is 8. The molecule has 1 fully saturated rings. The van der Waals surface area contributed by atoms with E-state index in [0.717, 1.165) is 39.3 Å². The zero-order chi connectivity index (χ0) is 12.6. The quantitative estimate of drug-likeness (QED) is 0.717. The molecule has 1 atom stereocenters. The second-order valence-electron chi connectivity index (χ2n) is 4.84. The summed E-state index contributed by atoms with van der Waals surface area (Å²) in [5, 5.41) is 3.44. The smallest absolute Gasteiger partial charge is 0.0947 e. The monoisotopic (exact) mass is 252 g/mol. The Hall–Kier alpha value is -0.840. The van der Waals surface area contributed by atoms with Crippen LogP contribution in [0.3, 0.4) is 0 Å².